The molecule has 30 heavy (non-hydrogen) atoms. The minimum Gasteiger partial charge on any atom is -0.491 e. The largest absolute Gasteiger partial charge is 0.491 e. The lowest BCUT2D eigenvalue weighted by atomic mass is 10.0. The van der Waals surface area contributed by atoms with E-state index >= 15 is 0 Å². The number of aryl methyl sites for hydroxylation is 1. The van der Waals surface area contributed by atoms with Crippen LogP contribution in [0.4, 0.5) is 5.69 Å². The van der Waals surface area contributed by atoms with E-state index in [0.29, 0.717) is 34.1 Å². The first kappa shape index (κ1) is 21.4. The first-order valence-electron chi connectivity index (χ1n) is 10.1. The molecule has 0 atom stereocenters. The molecule has 158 valence electrons. The number of nitrogens with one attached hydrogen (secondary N) is 1. The summed E-state index contributed by atoms with van der Waals surface area (Å²) in [4.78, 5) is 20.7. The quantitative estimate of drug-likeness (QED) is 0.440. The zero-order valence-electron chi connectivity index (χ0n) is 18.4. The van der Waals surface area contributed by atoms with E-state index in [9.17, 15) is 4.79 Å². The van der Waals surface area contributed by atoms with Crippen LogP contribution in [0.2, 0.25) is 0 Å². The second kappa shape index (κ2) is 8.61. The molecule has 0 fully saturated rings. The molecule has 6 nitrogen and oxygen atoms in total. The molecule has 0 aliphatic carbocycles. The van der Waals surface area contributed by atoms with E-state index in [1.807, 2.05) is 65.0 Å². The van der Waals surface area contributed by atoms with E-state index < -0.39 is 0 Å². The number of fused-ring (bicyclic) bond motifs is 1. The molecule has 0 aliphatic heterocycles. The normalized spacial score (nSPS) is 12.1. The van der Waals surface area contributed by atoms with E-state index in [-0.39, 0.29) is 17.6 Å². The maximum Gasteiger partial charge on any atom is 0.190 e. The molecule has 3 aromatic rings. The molecular formula is C24H29N3O3. The maximum atomic E-state index is 13.0. The van der Waals surface area contributed by atoms with E-state index in [0.717, 1.165) is 16.6 Å². The fourth-order valence-electron chi connectivity index (χ4n) is 3.38. The highest BCUT2D eigenvalue weighted by Gasteiger charge is 2.13. The van der Waals surface area contributed by atoms with Crippen molar-refractivity contribution < 1.29 is 9.47 Å². The van der Waals surface area contributed by atoms with Gasteiger partial charge in [-0.25, -0.2) is 4.99 Å². The van der Waals surface area contributed by atoms with Gasteiger partial charge in [0.2, 0.25) is 0 Å². The summed E-state index contributed by atoms with van der Waals surface area (Å²) in [6, 6.07) is 11.0. The Labute approximate surface area is 176 Å². The van der Waals surface area contributed by atoms with Gasteiger partial charge in [-0.3, -0.25) is 4.79 Å². The van der Waals surface area contributed by atoms with Crippen molar-refractivity contribution in [2.75, 3.05) is 0 Å². The van der Waals surface area contributed by atoms with Crippen molar-refractivity contribution in [3.8, 4) is 22.8 Å². The highest BCUT2D eigenvalue weighted by atomic mass is 16.5. The number of aromatic nitrogens is 1. The molecule has 0 bridgehead atoms. The Hall–Kier alpha value is -3.28. The second-order valence-corrected chi connectivity index (χ2v) is 7.96. The Balaban J connectivity index is 2.16. The monoisotopic (exact) mass is 407 g/mol. The molecule has 1 aromatic heterocycles. The minimum atomic E-state index is -0.0792. The van der Waals surface area contributed by atoms with Crippen molar-refractivity contribution in [3.05, 3.63) is 52.2 Å². The van der Waals surface area contributed by atoms with E-state index in [4.69, 9.17) is 15.2 Å². The van der Waals surface area contributed by atoms with Gasteiger partial charge in [-0.1, -0.05) is 0 Å². The molecule has 0 saturated heterocycles. The SMILES string of the molecule is CC(N)=Nc1ccc2[nH]c(-c3cc(OC(C)C)cc(OC(C)C)c3)cc(=O)c2c1C. The molecule has 0 unspecified atom stereocenters. The number of aromatic amines is 1. The zero-order valence-corrected chi connectivity index (χ0v) is 18.4. The van der Waals surface area contributed by atoms with Gasteiger partial charge in [-0.05, 0) is 71.4 Å². The highest BCUT2D eigenvalue weighted by Crippen LogP contribution is 2.32. The van der Waals surface area contributed by atoms with Crippen LogP contribution < -0.4 is 20.6 Å². The summed E-state index contributed by atoms with van der Waals surface area (Å²) >= 11 is 0. The number of ether oxygens (including phenoxy) is 2. The molecule has 2 aromatic carbocycles. The minimum absolute atomic E-state index is 0.0235. The number of H-pyrrole nitrogens is 1. The van der Waals surface area contributed by atoms with Crippen molar-refractivity contribution in [1.82, 2.24) is 4.98 Å². The van der Waals surface area contributed by atoms with Gasteiger partial charge in [0.15, 0.2) is 5.43 Å². The number of nitrogens with zero attached hydrogens (tertiary/aromatic N) is 1. The van der Waals surface area contributed by atoms with Crippen LogP contribution in [0.3, 0.4) is 0 Å². The average molecular weight is 408 g/mol. The topological polar surface area (TPSA) is 89.7 Å². The van der Waals surface area contributed by atoms with Crippen LogP contribution in [0.15, 0.2) is 46.2 Å². The van der Waals surface area contributed by atoms with Crippen LogP contribution in [0.5, 0.6) is 11.5 Å². The molecule has 0 spiro atoms. The summed E-state index contributed by atoms with van der Waals surface area (Å²) in [6.07, 6.45) is 0.0471. The van der Waals surface area contributed by atoms with Crippen molar-refractivity contribution in [1.29, 1.82) is 0 Å². The van der Waals surface area contributed by atoms with Crippen molar-refractivity contribution in [3.63, 3.8) is 0 Å². The molecule has 0 aliphatic rings. The summed E-state index contributed by atoms with van der Waals surface area (Å²) in [7, 11) is 0. The van der Waals surface area contributed by atoms with Crippen molar-refractivity contribution in [2.45, 2.75) is 53.8 Å². The van der Waals surface area contributed by atoms with Gasteiger partial charge in [-0.2, -0.15) is 0 Å². The number of hydrogen-bond acceptors (Lipinski definition) is 4. The summed E-state index contributed by atoms with van der Waals surface area (Å²) in [5.41, 5.74) is 9.38. The summed E-state index contributed by atoms with van der Waals surface area (Å²) in [5.74, 6) is 1.84. The maximum absolute atomic E-state index is 13.0. The van der Waals surface area contributed by atoms with Gasteiger partial charge in [0, 0.05) is 23.4 Å². The fourth-order valence-corrected chi connectivity index (χ4v) is 3.38. The van der Waals surface area contributed by atoms with Crippen LogP contribution in [-0.2, 0) is 0 Å². The van der Waals surface area contributed by atoms with Gasteiger partial charge in [0.1, 0.15) is 11.5 Å². The van der Waals surface area contributed by atoms with Crippen molar-refractivity contribution in [2.24, 2.45) is 10.7 Å². The molecular weight excluding hydrogens is 378 g/mol. The number of amidine groups is 1. The first-order chi connectivity index (χ1) is 14.1. The summed E-state index contributed by atoms with van der Waals surface area (Å²) in [5, 5.41) is 0.606. The second-order valence-electron chi connectivity index (χ2n) is 7.96. The molecule has 3 N–H and O–H groups in total. The molecule has 6 heteroatoms. The lowest BCUT2D eigenvalue weighted by Crippen LogP contribution is -2.09. The lowest BCUT2D eigenvalue weighted by Gasteiger charge is -2.16. The summed E-state index contributed by atoms with van der Waals surface area (Å²) < 4.78 is 11.8. The van der Waals surface area contributed by atoms with E-state index in [1.54, 1.807) is 13.0 Å². The number of aliphatic imine (C=N–C) groups is 1. The number of pyridine rings is 1. The number of benzene rings is 2. The Morgan fingerprint density at radius 3 is 2.13 bits per heavy atom. The molecule has 0 radical (unpaired) electrons. The van der Waals surface area contributed by atoms with Gasteiger partial charge in [0.25, 0.3) is 0 Å². The third kappa shape index (κ3) is 4.82. The Morgan fingerprint density at radius 2 is 1.60 bits per heavy atom. The van der Waals surface area contributed by atoms with Crippen molar-refractivity contribution >= 4 is 22.4 Å². The zero-order chi connectivity index (χ0) is 22.0. The number of nitrogens with two attached hydrogens (primary N) is 1. The Kier molecular flexibility index (Phi) is 6.15. The average Bonchev–Trinajstić information content (AvgIpc) is 2.62. The molecule has 0 saturated carbocycles. The molecule has 3 rings (SSSR count). The predicted octanol–water partition coefficient (Wildman–Crippen LogP) is 5.09. The van der Waals surface area contributed by atoms with Crippen LogP contribution in [0.25, 0.3) is 22.2 Å². The third-order valence-electron chi connectivity index (χ3n) is 4.46. The van der Waals surface area contributed by atoms with E-state index in [2.05, 4.69) is 9.98 Å². The molecule has 1 heterocycles. The highest BCUT2D eigenvalue weighted by molar-refractivity contribution is 5.90. The number of rotatable bonds is 6. The van der Waals surface area contributed by atoms with Crippen LogP contribution in [0, 0.1) is 6.92 Å². The van der Waals surface area contributed by atoms with Gasteiger partial charge in [-0.15, -0.1) is 0 Å². The van der Waals surface area contributed by atoms with Gasteiger partial charge < -0.3 is 20.2 Å². The lowest BCUT2D eigenvalue weighted by molar-refractivity contribution is 0.229. The van der Waals surface area contributed by atoms with Gasteiger partial charge >= 0.3 is 0 Å². The molecule has 0 amide bonds. The predicted molar refractivity (Wildman–Crippen MR) is 123 cm³/mol. The standard InChI is InChI=1S/C24H29N3O3/c1-13(2)29-18-9-17(10-19(11-18)30-14(3)4)22-12-23(28)24-15(5)20(26-16(6)25)7-8-21(24)27-22/h7-14H,1-6H3,(H2,25,26)(H,27,28). The van der Waals surface area contributed by atoms with Gasteiger partial charge in [0.05, 0.1) is 34.6 Å². The first-order valence-corrected chi connectivity index (χ1v) is 10.1. The van der Waals surface area contributed by atoms with Crippen LogP contribution in [0.1, 0.15) is 40.2 Å². The van der Waals surface area contributed by atoms with Crippen LogP contribution >= 0.6 is 0 Å². The Morgan fingerprint density at radius 1 is 1.00 bits per heavy atom. The summed E-state index contributed by atoms with van der Waals surface area (Å²) in [6.45, 7) is 11.5. The Bertz CT molecular complexity index is 1130. The smallest absolute Gasteiger partial charge is 0.190 e. The number of hydrogen-bond donors (Lipinski definition) is 2. The third-order valence-corrected chi connectivity index (χ3v) is 4.46. The van der Waals surface area contributed by atoms with E-state index in [1.165, 1.54) is 0 Å². The van der Waals surface area contributed by atoms with Crippen LogP contribution in [-0.4, -0.2) is 23.0 Å². The fraction of sp³-hybridized carbons (Fsp3) is 0.333.